The summed E-state index contributed by atoms with van der Waals surface area (Å²) in [4.78, 5) is 26.3. The molecule has 8 heteroatoms. The van der Waals surface area contributed by atoms with Crippen molar-refractivity contribution in [3.05, 3.63) is 52.9 Å². The largest absolute Gasteiger partial charge is 0.497 e. The first kappa shape index (κ1) is 17.7. The first-order chi connectivity index (χ1) is 12.5. The average Bonchev–Trinajstić information content (AvgIpc) is 3.28. The average molecular weight is 370 g/mol. The molecule has 0 fully saturated rings. The highest BCUT2D eigenvalue weighted by Gasteiger charge is 2.11. The van der Waals surface area contributed by atoms with Crippen LogP contribution in [0.4, 0.5) is 5.82 Å². The smallest absolute Gasteiger partial charge is 0.251 e. The van der Waals surface area contributed by atoms with Crippen LogP contribution in [0.2, 0.25) is 0 Å². The number of hydrogen-bond donors (Lipinski definition) is 3. The van der Waals surface area contributed by atoms with Gasteiger partial charge in [-0.2, -0.15) is 5.10 Å². The van der Waals surface area contributed by atoms with Crippen molar-refractivity contribution < 1.29 is 14.3 Å². The Labute approximate surface area is 154 Å². The third-order valence-corrected chi connectivity index (χ3v) is 4.65. The third kappa shape index (κ3) is 4.28. The predicted molar refractivity (Wildman–Crippen MR) is 101 cm³/mol. The van der Waals surface area contributed by atoms with Crippen LogP contribution >= 0.6 is 11.3 Å². The predicted octanol–water partition coefficient (Wildman–Crippen LogP) is 2.82. The van der Waals surface area contributed by atoms with Crippen LogP contribution in [-0.2, 0) is 4.79 Å². The summed E-state index contributed by atoms with van der Waals surface area (Å²) in [6.07, 6.45) is 0. The summed E-state index contributed by atoms with van der Waals surface area (Å²) < 4.78 is 5.04. The molecule has 1 aromatic carbocycles. The van der Waals surface area contributed by atoms with E-state index in [0.717, 1.165) is 10.6 Å². The summed E-state index contributed by atoms with van der Waals surface area (Å²) in [6.45, 7) is 1.88. The molecular weight excluding hydrogens is 352 g/mol. The number of aromatic amines is 1. The molecule has 0 saturated carbocycles. The fourth-order valence-corrected chi connectivity index (χ4v) is 3.12. The molecule has 0 unspecified atom stereocenters. The van der Waals surface area contributed by atoms with Crippen LogP contribution in [0.15, 0.2) is 42.5 Å². The van der Waals surface area contributed by atoms with Crippen LogP contribution < -0.4 is 15.4 Å². The fraction of sp³-hybridized carbons (Fsp3) is 0.167. The van der Waals surface area contributed by atoms with Gasteiger partial charge in [-0.25, -0.2) is 0 Å². The minimum atomic E-state index is -0.354. The lowest BCUT2D eigenvalue weighted by Gasteiger charge is -2.06. The number of benzene rings is 1. The van der Waals surface area contributed by atoms with Crippen molar-refractivity contribution in [1.29, 1.82) is 0 Å². The Hall–Kier alpha value is -3.13. The zero-order valence-corrected chi connectivity index (χ0v) is 15.1. The van der Waals surface area contributed by atoms with Crippen molar-refractivity contribution in [1.82, 2.24) is 15.5 Å². The number of hydrogen-bond acceptors (Lipinski definition) is 5. The van der Waals surface area contributed by atoms with E-state index >= 15 is 0 Å². The highest BCUT2D eigenvalue weighted by molar-refractivity contribution is 7.15. The van der Waals surface area contributed by atoms with E-state index in [1.807, 2.05) is 19.1 Å². The molecule has 7 nitrogen and oxygen atoms in total. The monoisotopic (exact) mass is 370 g/mol. The Morgan fingerprint density at radius 2 is 1.96 bits per heavy atom. The molecule has 134 valence electrons. The molecule has 26 heavy (non-hydrogen) atoms. The minimum absolute atomic E-state index is 0.148. The maximum atomic E-state index is 12.0. The second-order valence-corrected chi connectivity index (χ2v) is 6.82. The first-order valence-electron chi connectivity index (χ1n) is 7.89. The number of ether oxygens (including phenoxy) is 1. The Balaban J connectivity index is 1.52. The van der Waals surface area contributed by atoms with Gasteiger partial charge in [0.05, 0.1) is 24.2 Å². The van der Waals surface area contributed by atoms with Crippen LogP contribution in [0.3, 0.4) is 0 Å². The molecule has 0 atom stereocenters. The van der Waals surface area contributed by atoms with E-state index in [9.17, 15) is 9.59 Å². The standard InChI is InChI=1S/C18H18N4O3S/c1-11-3-8-15(26-11)14-9-16(22-21-14)20-17(23)10-19-18(24)12-4-6-13(25-2)7-5-12/h3-9H,10H2,1-2H3,(H,19,24)(H2,20,21,22,23). The van der Waals surface area contributed by atoms with Crippen LogP contribution in [0.1, 0.15) is 15.2 Å². The molecule has 0 aliphatic rings. The first-order valence-corrected chi connectivity index (χ1v) is 8.71. The molecule has 3 aromatic rings. The van der Waals surface area contributed by atoms with Crippen molar-refractivity contribution in [3.63, 3.8) is 0 Å². The van der Waals surface area contributed by atoms with Gasteiger partial charge in [-0.15, -0.1) is 11.3 Å². The zero-order chi connectivity index (χ0) is 18.5. The lowest BCUT2D eigenvalue weighted by molar-refractivity contribution is -0.115. The number of anilines is 1. The Bertz CT molecular complexity index is 915. The number of thiophene rings is 1. The molecule has 0 radical (unpaired) electrons. The SMILES string of the molecule is COc1ccc(C(=O)NCC(=O)Nc2cc(-c3ccc(C)s3)[nH]n2)cc1. The van der Waals surface area contributed by atoms with E-state index in [1.165, 1.54) is 4.88 Å². The van der Waals surface area contributed by atoms with Crippen LogP contribution in [-0.4, -0.2) is 35.7 Å². The van der Waals surface area contributed by atoms with E-state index in [4.69, 9.17) is 4.74 Å². The molecule has 3 rings (SSSR count). The van der Waals surface area contributed by atoms with Crippen LogP contribution in [0.25, 0.3) is 10.6 Å². The van der Waals surface area contributed by atoms with Gasteiger partial charge in [0, 0.05) is 16.5 Å². The van der Waals surface area contributed by atoms with E-state index in [0.29, 0.717) is 17.1 Å². The second kappa shape index (κ2) is 7.83. The summed E-state index contributed by atoms with van der Waals surface area (Å²) in [7, 11) is 1.56. The highest BCUT2D eigenvalue weighted by atomic mass is 32.1. The maximum absolute atomic E-state index is 12.0. The van der Waals surface area contributed by atoms with Crippen molar-refractivity contribution in [2.45, 2.75) is 6.92 Å². The Morgan fingerprint density at radius 1 is 1.19 bits per heavy atom. The molecule has 0 aliphatic carbocycles. The number of rotatable bonds is 6. The number of H-pyrrole nitrogens is 1. The number of nitrogens with one attached hydrogen (secondary N) is 3. The Kier molecular flexibility index (Phi) is 5.33. The topological polar surface area (TPSA) is 96.1 Å². The van der Waals surface area contributed by atoms with Crippen LogP contribution in [0, 0.1) is 6.92 Å². The van der Waals surface area contributed by atoms with Gasteiger partial charge in [0.25, 0.3) is 5.91 Å². The molecular formula is C18H18N4O3S. The van der Waals surface area contributed by atoms with Gasteiger partial charge < -0.3 is 15.4 Å². The maximum Gasteiger partial charge on any atom is 0.251 e. The van der Waals surface area contributed by atoms with Gasteiger partial charge in [0.1, 0.15) is 5.75 Å². The summed E-state index contributed by atoms with van der Waals surface area (Å²) in [6, 6.07) is 12.4. The molecule has 0 saturated heterocycles. The van der Waals surface area contributed by atoms with E-state index in [-0.39, 0.29) is 18.4 Å². The van der Waals surface area contributed by atoms with Crippen molar-refractivity contribution in [2.75, 3.05) is 19.0 Å². The summed E-state index contributed by atoms with van der Waals surface area (Å²) in [5.74, 6) is 0.385. The normalized spacial score (nSPS) is 10.4. The molecule has 0 bridgehead atoms. The van der Waals surface area contributed by atoms with Gasteiger partial charge in [0.15, 0.2) is 5.82 Å². The summed E-state index contributed by atoms with van der Waals surface area (Å²) in [5.41, 5.74) is 1.29. The lowest BCUT2D eigenvalue weighted by atomic mass is 10.2. The van der Waals surface area contributed by atoms with Gasteiger partial charge in [-0.1, -0.05) is 0 Å². The van der Waals surface area contributed by atoms with E-state index in [2.05, 4.69) is 20.8 Å². The molecule has 2 aromatic heterocycles. The number of amides is 2. The summed E-state index contributed by atoms with van der Waals surface area (Å²) in [5, 5.41) is 12.2. The van der Waals surface area contributed by atoms with Gasteiger partial charge in [-0.3, -0.25) is 14.7 Å². The molecule has 2 heterocycles. The van der Waals surface area contributed by atoms with Crippen LogP contribution in [0.5, 0.6) is 5.75 Å². The molecule has 2 amide bonds. The number of methoxy groups -OCH3 is 1. The minimum Gasteiger partial charge on any atom is -0.497 e. The number of aryl methyl sites for hydroxylation is 1. The van der Waals surface area contributed by atoms with E-state index in [1.54, 1.807) is 48.8 Å². The number of carbonyl (C=O) groups excluding carboxylic acids is 2. The summed E-state index contributed by atoms with van der Waals surface area (Å²) >= 11 is 1.64. The lowest BCUT2D eigenvalue weighted by Crippen LogP contribution is -2.32. The molecule has 0 aliphatic heterocycles. The van der Waals surface area contributed by atoms with Gasteiger partial charge >= 0.3 is 0 Å². The second-order valence-electron chi connectivity index (χ2n) is 5.54. The molecule has 3 N–H and O–H groups in total. The zero-order valence-electron chi connectivity index (χ0n) is 14.3. The number of carbonyl (C=O) groups is 2. The fourth-order valence-electron chi connectivity index (χ4n) is 2.28. The quantitative estimate of drug-likeness (QED) is 0.622. The van der Waals surface area contributed by atoms with Gasteiger partial charge in [-0.05, 0) is 43.3 Å². The Morgan fingerprint density at radius 3 is 2.62 bits per heavy atom. The van der Waals surface area contributed by atoms with Crippen molar-refractivity contribution in [3.8, 4) is 16.3 Å². The number of aromatic nitrogens is 2. The number of nitrogens with zero attached hydrogens (tertiary/aromatic N) is 1. The van der Waals surface area contributed by atoms with Crippen molar-refractivity contribution in [2.24, 2.45) is 0 Å². The molecule has 0 spiro atoms. The third-order valence-electron chi connectivity index (χ3n) is 3.61. The van der Waals surface area contributed by atoms with Gasteiger partial charge in [0.2, 0.25) is 5.91 Å². The van der Waals surface area contributed by atoms with E-state index < -0.39 is 0 Å². The highest BCUT2D eigenvalue weighted by Crippen LogP contribution is 2.27. The van der Waals surface area contributed by atoms with Crippen molar-refractivity contribution >= 4 is 29.0 Å².